The van der Waals surface area contributed by atoms with E-state index >= 15 is 0 Å². The lowest BCUT2D eigenvalue weighted by Crippen LogP contribution is -2.58. The number of hydrogen-bond acceptors (Lipinski definition) is 8. The Hall–Kier alpha value is -4.15. The van der Waals surface area contributed by atoms with Crippen LogP contribution < -0.4 is 27.4 Å². The third-order valence-electron chi connectivity index (χ3n) is 9.55. The minimum absolute atomic E-state index is 0.00560. The third-order valence-corrected chi connectivity index (χ3v) is 11.4. The topological polar surface area (TPSA) is 200 Å². The summed E-state index contributed by atoms with van der Waals surface area (Å²) in [7, 11) is -0.620. The molecule has 2 aromatic carbocycles. The van der Waals surface area contributed by atoms with Crippen LogP contribution in [0.4, 0.5) is 0 Å². The van der Waals surface area contributed by atoms with Crippen molar-refractivity contribution in [2.75, 3.05) is 46.8 Å². The summed E-state index contributed by atoms with van der Waals surface area (Å²) in [6, 6.07) is 14.8. The highest BCUT2D eigenvalue weighted by Crippen LogP contribution is 2.28. The number of nitrogens with one attached hydrogen (secondary N) is 3. The van der Waals surface area contributed by atoms with E-state index in [-0.39, 0.29) is 57.3 Å². The average molecular weight is 753 g/mol. The molecule has 0 saturated carbocycles. The first-order valence-corrected chi connectivity index (χ1v) is 19.7. The van der Waals surface area contributed by atoms with Gasteiger partial charge in [0, 0.05) is 46.7 Å². The number of carbonyl (C=O) groups excluding carboxylic acids is 4. The zero-order valence-corrected chi connectivity index (χ0v) is 32.1. The summed E-state index contributed by atoms with van der Waals surface area (Å²) in [5.41, 5.74) is 15.5. The largest absolute Gasteiger partial charge is 0.343 e. The van der Waals surface area contributed by atoms with Gasteiger partial charge in [0.1, 0.15) is 18.1 Å². The second kappa shape index (κ2) is 19.3. The molecule has 4 rings (SSSR count). The Balaban J connectivity index is 1.46. The van der Waals surface area contributed by atoms with E-state index in [1.807, 2.05) is 74.5 Å². The van der Waals surface area contributed by atoms with Crippen molar-refractivity contribution in [3.8, 4) is 0 Å². The molecule has 7 N–H and O–H groups in total. The van der Waals surface area contributed by atoms with Crippen molar-refractivity contribution in [2.45, 2.75) is 76.5 Å². The molecule has 290 valence electrons. The lowest BCUT2D eigenvalue weighted by molar-refractivity contribution is -0.137. The molecule has 2 heterocycles. The molecule has 0 saturated heterocycles. The number of benzene rings is 2. The van der Waals surface area contributed by atoms with E-state index in [0.29, 0.717) is 25.8 Å². The molecule has 15 heteroatoms. The highest BCUT2D eigenvalue weighted by Gasteiger charge is 2.40. The Morgan fingerprint density at radius 1 is 0.736 bits per heavy atom. The van der Waals surface area contributed by atoms with Crippen LogP contribution in [0, 0.1) is 5.92 Å². The van der Waals surface area contributed by atoms with Crippen molar-refractivity contribution in [3.05, 3.63) is 82.9 Å². The summed E-state index contributed by atoms with van der Waals surface area (Å²) in [4.78, 5) is 56.9. The minimum Gasteiger partial charge on any atom is -0.343 e. The first kappa shape index (κ1) is 41.6. The van der Waals surface area contributed by atoms with Gasteiger partial charge in [0.05, 0.1) is 6.04 Å². The van der Waals surface area contributed by atoms with Gasteiger partial charge in [-0.1, -0.05) is 74.5 Å². The molecular weight excluding hydrogens is 697 g/mol. The van der Waals surface area contributed by atoms with Gasteiger partial charge in [-0.25, -0.2) is 0 Å². The van der Waals surface area contributed by atoms with Crippen molar-refractivity contribution in [2.24, 2.45) is 17.4 Å². The van der Waals surface area contributed by atoms with Crippen LogP contribution >= 0.6 is 0 Å². The molecule has 2 aliphatic heterocycles. The summed E-state index contributed by atoms with van der Waals surface area (Å²) in [6.45, 7) is 5.26. The molecular formula is C38H56N8O6S. The molecule has 0 spiro atoms. The molecule has 0 aromatic heterocycles. The fourth-order valence-electron chi connectivity index (χ4n) is 6.61. The van der Waals surface area contributed by atoms with E-state index in [2.05, 4.69) is 16.0 Å². The lowest BCUT2D eigenvalue weighted by atomic mass is 9.99. The summed E-state index contributed by atoms with van der Waals surface area (Å²) >= 11 is 0. The van der Waals surface area contributed by atoms with Crippen molar-refractivity contribution in [1.29, 1.82) is 0 Å². The van der Waals surface area contributed by atoms with Gasteiger partial charge in [0.25, 0.3) is 10.2 Å². The number of rotatable bonds is 19. The molecule has 0 bridgehead atoms. The molecule has 0 aliphatic carbocycles. The van der Waals surface area contributed by atoms with Crippen LogP contribution in [0.3, 0.4) is 0 Å². The van der Waals surface area contributed by atoms with Gasteiger partial charge in [0.15, 0.2) is 0 Å². The molecule has 2 aromatic rings. The lowest BCUT2D eigenvalue weighted by Gasteiger charge is -2.29. The maximum absolute atomic E-state index is 14.0. The predicted octanol–water partition coefficient (Wildman–Crippen LogP) is 0.689. The van der Waals surface area contributed by atoms with Gasteiger partial charge >= 0.3 is 0 Å². The average Bonchev–Trinajstić information content (AvgIpc) is 3.72. The summed E-state index contributed by atoms with van der Waals surface area (Å²) < 4.78 is 27.9. The predicted molar refractivity (Wildman–Crippen MR) is 204 cm³/mol. The number of nitrogens with two attached hydrogens (primary N) is 2. The highest BCUT2D eigenvalue weighted by molar-refractivity contribution is 7.86. The number of amides is 4. The Bertz CT molecular complexity index is 1690. The van der Waals surface area contributed by atoms with Crippen LogP contribution in [0.1, 0.15) is 50.7 Å². The zero-order chi connectivity index (χ0) is 38.7. The van der Waals surface area contributed by atoms with Gasteiger partial charge in [-0.05, 0) is 66.8 Å². The second-order valence-electron chi connectivity index (χ2n) is 14.5. The zero-order valence-electron chi connectivity index (χ0n) is 31.3. The third kappa shape index (κ3) is 11.7. The van der Waals surface area contributed by atoms with Gasteiger partial charge < -0.3 is 32.3 Å². The molecule has 4 amide bonds. The maximum atomic E-state index is 14.0. The summed E-state index contributed by atoms with van der Waals surface area (Å²) in [5, 5.41) is 8.63. The van der Waals surface area contributed by atoms with E-state index in [4.69, 9.17) is 11.5 Å². The Morgan fingerprint density at radius 3 is 1.77 bits per heavy atom. The minimum atomic E-state index is -3.59. The van der Waals surface area contributed by atoms with Crippen molar-refractivity contribution in [3.63, 3.8) is 0 Å². The molecule has 0 radical (unpaired) electrons. The van der Waals surface area contributed by atoms with Crippen molar-refractivity contribution in [1.82, 2.24) is 29.5 Å². The highest BCUT2D eigenvalue weighted by atomic mass is 32.2. The van der Waals surface area contributed by atoms with E-state index in [1.54, 1.807) is 4.90 Å². The van der Waals surface area contributed by atoms with E-state index in [1.165, 1.54) is 22.7 Å². The number of unbranched alkanes of at least 4 members (excludes halogenated alkanes) is 1. The number of nitrogens with zero attached hydrogens (tertiary/aromatic N) is 3. The molecule has 4 unspecified atom stereocenters. The molecule has 0 fully saturated rings. The van der Waals surface area contributed by atoms with Crippen LogP contribution in [0.2, 0.25) is 0 Å². The van der Waals surface area contributed by atoms with Crippen LogP contribution in [0.5, 0.6) is 0 Å². The number of hydrogen-bond donors (Lipinski definition) is 5. The number of carbonyl (C=O) groups is 4. The smallest absolute Gasteiger partial charge is 0.282 e. The SMILES string of the molecule is CC(C)CC(NC(=O)C(Cc1ccccc1)NC(=O)C(N)Cc1ccccc1)C(=O)NC(CCCCN)C(=O)N1CC2=C(C1)CN(S(=O)(=O)N(C)C)C2. The second-order valence-corrected chi connectivity index (χ2v) is 16.7. The molecule has 53 heavy (non-hydrogen) atoms. The van der Waals surface area contributed by atoms with Crippen molar-refractivity contribution < 1.29 is 27.6 Å². The van der Waals surface area contributed by atoms with Gasteiger partial charge in [-0.2, -0.15) is 17.0 Å². The van der Waals surface area contributed by atoms with Gasteiger partial charge in [-0.3, -0.25) is 19.2 Å². The van der Waals surface area contributed by atoms with Crippen LogP contribution in [-0.2, 0) is 42.2 Å². The summed E-state index contributed by atoms with van der Waals surface area (Å²) in [5.74, 6) is -1.81. The molecule has 2 aliphatic rings. The fraction of sp³-hybridized carbons (Fsp3) is 0.526. The normalized spacial score (nSPS) is 17.0. The fourth-order valence-corrected chi connectivity index (χ4v) is 7.71. The van der Waals surface area contributed by atoms with Gasteiger partial charge in [-0.15, -0.1) is 0 Å². The van der Waals surface area contributed by atoms with Crippen LogP contribution in [0.25, 0.3) is 0 Å². The summed E-state index contributed by atoms with van der Waals surface area (Å²) in [6.07, 6.45) is 2.35. The van der Waals surface area contributed by atoms with E-state index < -0.39 is 52.1 Å². The Morgan fingerprint density at radius 2 is 1.25 bits per heavy atom. The van der Waals surface area contributed by atoms with Crippen LogP contribution in [-0.4, -0.2) is 117 Å². The molecule has 14 nitrogen and oxygen atoms in total. The first-order valence-electron chi connectivity index (χ1n) is 18.3. The van der Waals surface area contributed by atoms with Crippen molar-refractivity contribution >= 4 is 33.8 Å². The van der Waals surface area contributed by atoms with E-state index in [0.717, 1.165) is 22.3 Å². The quantitative estimate of drug-likeness (QED) is 0.102. The first-order chi connectivity index (χ1) is 25.2. The standard InChI is InChI=1S/C38H56N8O6S/c1-26(2)19-33(43-37(49)34(21-28-15-9-6-10-16-28)42-35(47)31(40)20-27-13-7-5-8-14-27)36(48)41-32(17-11-12-18-39)38(50)45-22-29-24-46(25-30(29)23-45)53(51,52)44(3)4/h5-10,13-16,26,31-34H,11-12,17-25,39-40H2,1-4H3,(H,41,48)(H,42,47)(H,43,49). The van der Waals surface area contributed by atoms with Gasteiger partial charge in [0.2, 0.25) is 23.6 Å². The van der Waals surface area contributed by atoms with E-state index in [9.17, 15) is 27.6 Å². The Kier molecular flexibility index (Phi) is 15.1. The maximum Gasteiger partial charge on any atom is 0.282 e. The van der Waals surface area contributed by atoms with Crippen LogP contribution in [0.15, 0.2) is 71.8 Å². The Labute approximate surface area is 313 Å². The monoisotopic (exact) mass is 752 g/mol. The molecule has 4 atom stereocenters.